The zero-order valence-corrected chi connectivity index (χ0v) is 13.8. The molecule has 128 valence electrons. The number of hydrogen-bond acceptors (Lipinski definition) is 4. The van der Waals surface area contributed by atoms with Crippen LogP contribution in [-0.2, 0) is 13.1 Å². The summed E-state index contributed by atoms with van der Waals surface area (Å²) in [5.41, 5.74) is 0.884. The minimum atomic E-state index is -0.439. The van der Waals surface area contributed by atoms with Gasteiger partial charge in [-0.25, -0.2) is 4.39 Å². The number of pyridine rings is 1. The number of aromatic hydroxyl groups is 1. The number of rotatable bonds is 4. The average Bonchev–Trinajstić information content (AvgIpc) is 2.56. The molecule has 3 rings (SSSR count). The van der Waals surface area contributed by atoms with Crippen molar-refractivity contribution in [3.8, 4) is 5.75 Å². The first-order valence-electron chi connectivity index (χ1n) is 8.09. The number of benzene rings is 1. The zero-order chi connectivity index (χ0) is 17.1. The van der Waals surface area contributed by atoms with Gasteiger partial charge in [-0.2, -0.15) is 0 Å². The summed E-state index contributed by atoms with van der Waals surface area (Å²) >= 11 is 0. The Morgan fingerprint density at radius 1 is 1.12 bits per heavy atom. The van der Waals surface area contributed by atoms with Crippen LogP contribution in [0, 0.1) is 5.82 Å². The Balaban J connectivity index is 1.75. The Bertz CT molecular complexity index is 767. The third-order valence-electron chi connectivity index (χ3n) is 4.46. The fourth-order valence-corrected chi connectivity index (χ4v) is 2.93. The number of aromatic nitrogens is 1. The fraction of sp³-hybridized carbons (Fsp3) is 0.389. The van der Waals surface area contributed by atoms with Crippen molar-refractivity contribution in [3.63, 3.8) is 0 Å². The van der Waals surface area contributed by atoms with Crippen molar-refractivity contribution in [2.45, 2.75) is 13.1 Å². The summed E-state index contributed by atoms with van der Waals surface area (Å²) in [6.07, 6.45) is 1.67. The van der Waals surface area contributed by atoms with E-state index in [2.05, 4.69) is 16.8 Å². The van der Waals surface area contributed by atoms with Crippen molar-refractivity contribution < 1.29 is 9.50 Å². The highest BCUT2D eigenvalue weighted by atomic mass is 19.1. The van der Waals surface area contributed by atoms with Gasteiger partial charge >= 0.3 is 0 Å². The van der Waals surface area contributed by atoms with Gasteiger partial charge < -0.3 is 14.6 Å². The fourth-order valence-electron chi connectivity index (χ4n) is 2.93. The first kappa shape index (κ1) is 16.7. The van der Waals surface area contributed by atoms with Crippen molar-refractivity contribution >= 4 is 0 Å². The van der Waals surface area contributed by atoms with E-state index in [9.17, 15) is 14.3 Å². The van der Waals surface area contributed by atoms with Gasteiger partial charge in [0.05, 0.1) is 6.54 Å². The van der Waals surface area contributed by atoms with Crippen LogP contribution in [-0.4, -0.2) is 52.7 Å². The van der Waals surface area contributed by atoms with Gasteiger partial charge in [0.1, 0.15) is 5.82 Å². The van der Waals surface area contributed by atoms with Crippen LogP contribution in [0.1, 0.15) is 11.1 Å². The third-order valence-corrected chi connectivity index (χ3v) is 4.46. The summed E-state index contributed by atoms with van der Waals surface area (Å²) in [4.78, 5) is 16.8. The predicted octanol–water partition coefficient (Wildman–Crippen LogP) is 1.49. The Kier molecular flexibility index (Phi) is 4.97. The van der Waals surface area contributed by atoms with Crippen LogP contribution in [0.3, 0.4) is 0 Å². The minimum absolute atomic E-state index is 0.215. The van der Waals surface area contributed by atoms with E-state index in [1.54, 1.807) is 24.4 Å². The monoisotopic (exact) mass is 331 g/mol. The lowest BCUT2D eigenvalue weighted by Gasteiger charge is -2.32. The molecule has 0 aliphatic carbocycles. The molecule has 2 aromatic rings. The van der Waals surface area contributed by atoms with Crippen molar-refractivity contribution in [2.24, 2.45) is 0 Å². The molecule has 1 aromatic heterocycles. The standard InChI is InChI=1S/C18H22FN3O2/c1-20-7-9-21(10-8-20)13-15-5-6-22(18(24)17(15)23)12-14-3-2-4-16(19)11-14/h2-6,11,23H,7-10,12-13H2,1H3. The third kappa shape index (κ3) is 3.83. The summed E-state index contributed by atoms with van der Waals surface area (Å²) in [5.74, 6) is -0.552. The Hall–Kier alpha value is -2.18. The highest BCUT2D eigenvalue weighted by molar-refractivity contribution is 5.29. The van der Waals surface area contributed by atoms with E-state index >= 15 is 0 Å². The molecule has 0 amide bonds. The van der Waals surface area contributed by atoms with Crippen LogP contribution >= 0.6 is 0 Å². The summed E-state index contributed by atoms with van der Waals surface area (Å²) in [6.45, 7) is 4.61. The highest BCUT2D eigenvalue weighted by Crippen LogP contribution is 2.15. The van der Waals surface area contributed by atoms with Gasteiger partial charge in [0.2, 0.25) is 0 Å². The lowest BCUT2D eigenvalue weighted by molar-refractivity contribution is 0.147. The quantitative estimate of drug-likeness (QED) is 0.922. The van der Waals surface area contributed by atoms with Crippen LogP contribution < -0.4 is 5.56 Å². The number of hydrogen-bond donors (Lipinski definition) is 1. The number of piperazine rings is 1. The largest absolute Gasteiger partial charge is 0.503 e. The smallest absolute Gasteiger partial charge is 0.293 e. The summed E-state index contributed by atoms with van der Waals surface area (Å²) in [5, 5.41) is 10.2. The van der Waals surface area contributed by atoms with E-state index in [4.69, 9.17) is 0 Å². The number of nitrogens with zero attached hydrogens (tertiary/aromatic N) is 3. The van der Waals surface area contributed by atoms with Crippen molar-refractivity contribution in [1.82, 2.24) is 14.4 Å². The molecule has 1 N–H and O–H groups in total. The summed E-state index contributed by atoms with van der Waals surface area (Å²) in [6, 6.07) is 7.89. The van der Waals surface area contributed by atoms with Crippen LogP contribution in [0.25, 0.3) is 0 Å². The van der Waals surface area contributed by atoms with Gasteiger partial charge in [0.15, 0.2) is 5.75 Å². The summed E-state index contributed by atoms with van der Waals surface area (Å²) in [7, 11) is 2.09. The maximum atomic E-state index is 13.3. The molecular weight excluding hydrogens is 309 g/mol. The van der Waals surface area contributed by atoms with Gasteiger partial charge in [-0.05, 0) is 30.8 Å². The van der Waals surface area contributed by atoms with Crippen LogP contribution in [0.4, 0.5) is 4.39 Å². The molecule has 1 aromatic carbocycles. The van der Waals surface area contributed by atoms with Gasteiger partial charge in [0.25, 0.3) is 5.56 Å². The van der Waals surface area contributed by atoms with Crippen LogP contribution in [0.15, 0.2) is 41.3 Å². The number of halogens is 1. The number of likely N-dealkylation sites (N-methyl/N-ethyl adjacent to an activating group) is 1. The Morgan fingerprint density at radius 3 is 2.58 bits per heavy atom. The van der Waals surface area contributed by atoms with Gasteiger partial charge in [-0.15, -0.1) is 0 Å². The van der Waals surface area contributed by atoms with Gasteiger partial charge in [0, 0.05) is 44.5 Å². The van der Waals surface area contributed by atoms with Crippen molar-refractivity contribution in [2.75, 3.05) is 33.2 Å². The molecule has 0 spiro atoms. The molecular formula is C18H22FN3O2. The molecule has 5 nitrogen and oxygen atoms in total. The van der Waals surface area contributed by atoms with Crippen molar-refractivity contribution in [3.05, 3.63) is 63.8 Å². The second kappa shape index (κ2) is 7.15. The maximum Gasteiger partial charge on any atom is 0.293 e. The average molecular weight is 331 g/mol. The van der Waals surface area contributed by atoms with E-state index in [-0.39, 0.29) is 18.1 Å². The SMILES string of the molecule is CN1CCN(Cc2ccn(Cc3cccc(F)c3)c(=O)c2O)CC1. The van der Waals surface area contributed by atoms with E-state index < -0.39 is 5.56 Å². The van der Waals surface area contributed by atoms with E-state index in [1.807, 2.05) is 0 Å². The van der Waals surface area contributed by atoms with Crippen LogP contribution in [0.5, 0.6) is 5.75 Å². The van der Waals surface area contributed by atoms with Crippen molar-refractivity contribution in [1.29, 1.82) is 0 Å². The van der Waals surface area contributed by atoms with E-state index in [0.717, 1.165) is 26.2 Å². The Labute approximate surface area is 140 Å². The molecule has 6 heteroatoms. The first-order chi connectivity index (χ1) is 11.5. The normalized spacial score (nSPS) is 16.4. The first-order valence-corrected chi connectivity index (χ1v) is 8.09. The molecule has 0 saturated carbocycles. The molecule has 0 radical (unpaired) electrons. The molecule has 0 bridgehead atoms. The van der Waals surface area contributed by atoms with Crippen LogP contribution in [0.2, 0.25) is 0 Å². The zero-order valence-electron chi connectivity index (χ0n) is 13.8. The topological polar surface area (TPSA) is 48.7 Å². The molecule has 0 unspecified atom stereocenters. The predicted molar refractivity (Wildman–Crippen MR) is 90.6 cm³/mol. The summed E-state index contributed by atoms with van der Waals surface area (Å²) < 4.78 is 14.7. The molecule has 1 aliphatic heterocycles. The lowest BCUT2D eigenvalue weighted by atomic mass is 10.2. The second-order valence-electron chi connectivity index (χ2n) is 6.33. The molecule has 24 heavy (non-hydrogen) atoms. The lowest BCUT2D eigenvalue weighted by Crippen LogP contribution is -2.44. The Morgan fingerprint density at radius 2 is 1.88 bits per heavy atom. The van der Waals surface area contributed by atoms with Gasteiger partial charge in [-0.3, -0.25) is 9.69 Å². The van der Waals surface area contributed by atoms with Gasteiger partial charge in [-0.1, -0.05) is 12.1 Å². The minimum Gasteiger partial charge on any atom is -0.503 e. The highest BCUT2D eigenvalue weighted by Gasteiger charge is 2.17. The molecule has 1 aliphatic rings. The molecule has 2 heterocycles. The molecule has 1 fully saturated rings. The van der Waals surface area contributed by atoms with E-state index in [1.165, 1.54) is 16.7 Å². The molecule has 0 atom stereocenters. The van der Waals surface area contributed by atoms with E-state index in [0.29, 0.717) is 17.7 Å². The second-order valence-corrected chi connectivity index (χ2v) is 6.33. The maximum absolute atomic E-state index is 13.3. The molecule has 1 saturated heterocycles.